The summed E-state index contributed by atoms with van der Waals surface area (Å²) in [7, 11) is 0. The highest BCUT2D eigenvalue weighted by atomic mass is 16.7. The second kappa shape index (κ2) is 7.38. The zero-order chi connectivity index (χ0) is 8.53. The quantitative estimate of drug-likeness (QED) is 0.455. The Balaban J connectivity index is 3.09. The number of carbonyl (C=O) groups is 1. The highest BCUT2D eigenvalue weighted by Crippen LogP contribution is 1.91. The Morgan fingerprint density at radius 2 is 2.00 bits per heavy atom. The van der Waals surface area contributed by atoms with Crippen molar-refractivity contribution in [3.05, 3.63) is 6.92 Å². The second-order valence-corrected chi connectivity index (χ2v) is 2.15. The van der Waals surface area contributed by atoms with E-state index in [4.69, 9.17) is 0 Å². The molecule has 0 aliphatic rings. The van der Waals surface area contributed by atoms with Crippen LogP contribution in [-0.2, 0) is 9.47 Å². The molecule has 0 unspecified atom stereocenters. The predicted octanol–water partition coefficient (Wildman–Crippen LogP) is 2.16. The maximum atomic E-state index is 10.6. The van der Waals surface area contributed by atoms with E-state index < -0.39 is 6.16 Å². The first kappa shape index (κ1) is 10.3. The Labute approximate surface area is 67.7 Å². The van der Waals surface area contributed by atoms with Crippen molar-refractivity contribution >= 4 is 6.16 Å². The lowest BCUT2D eigenvalue weighted by Crippen LogP contribution is -2.08. The van der Waals surface area contributed by atoms with Crippen molar-refractivity contribution in [3.63, 3.8) is 0 Å². The van der Waals surface area contributed by atoms with E-state index in [9.17, 15) is 4.79 Å². The topological polar surface area (TPSA) is 35.5 Å². The molecular formula is C8H15O3. The normalized spacial score (nSPS) is 9.27. The van der Waals surface area contributed by atoms with Gasteiger partial charge in [-0.3, -0.25) is 0 Å². The highest BCUT2D eigenvalue weighted by Gasteiger charge is 2.00. The summed E-state index contributed by atoms with van der Waals surface area (Å²) in [5, 5.41) is 0. The Kier molecular flexibility index (Phi) is 6.89. The molecule has 0 heterocycles. The number of hydrogen-bond acceptors (Lipinski definition) is 3. The molecule has 0 fully saturated rings. The highest BCUT2D eigenvalue weighted by molar-refractivity contribution is 5.59. The molecule has 11 heavy (non-hydrogen) atoms. The van der Waals surface area contributed by atoms with Crippen molar-refractivity contribution in [1.29, 1.82) is 0 Å². The molecule has 0 aromatic carbocycles. The minimum Gasteiger partial charge on any atom is -0.434 e. The Morgan fingerprint density at radius 1 is 1.36 bits per heavy atom. The third-order valence-electron chi connectivity index (χ3n) is 1.04. The van der Waals surface area contributed by atoms with E-state index in [1.165, 1.54) is 0 Å². The number of unbranched alkanes of at least 4 members (excludes halogenated alkanes) is 1. The van der Waals surface area contributed by atoms with Gasteiger partial charge in [0, 0.05) is 0 Å². The fourth-order valence-corrected chi connectivity index (χ4v) is 0.485. The number of ether oxygens (including phenoxy) is 2. The van der Waals surface area contributed by atoms with Crippen LogP contribution in [0.5, 0.6) is 0 Å². The lowest BCUT2D eigenvalue weighted by molar-refractivity contribution is 0.0548. The minimum atomic E-state index is -0.569. The standard InChI is InChI=1S/C8H15O3/c1-3-5-7-11-8(9)10-6-4-2/h1,3-7H2,2H3. The van der Waals surface area contributed by atoms with Gasteiger partial charge in [-0.25, -0.2) is 4.79 Å². The van der Waals surface area contributed by atoms with Crippen LogP contribution in [0, 0.1) is 6.92 Å². The summed E-state index contributed by atoms with van der Waals surface area (Å²) < 4.78 is 9.34. The minimum absolute atomic E-state index is 0.409. The average Bonchev–Trinajstić information content (AvgIpc) is 2.01. The van der Waals surface area contributed by atoms with Crippen LogP contribution < -0.4 is 0 Å². The van der Waals surface area contributed by atoms with E-state index in [2.05, 4.69) is 16.4 Å². The lowest BCUT2D eigenvalue weighted by Gasteiger charge is -2.03. The van der Waals surface area contributed by atoms with Crippen molar-refractivity contribution in [1.82, 2.24) is 0 Å². The molecule has 0 bridgehead atoms. The maximum Gasteiger partial charge on any atom is 0.508 e. The Hall–Kier alpha value is -0.730. The van der Waals surface area contributed by atoms with Gasteiger partial charge in [-0.05, 0) is 12.8 Å². The fourth-order valence-electron chi connectivity index (χ4n) is 0.485. The summed E-state index contributed by atoms with van der Waals surface area (Å²) in [6.07, 6.45) is 1.83. The van der Waals surface area contributed by atoms with Crippen LogP contribution in [0.25, 0.3) is 0 Å². The summed E-state index contributed by atoms with van der Waals surface area (Å²) >= 11 is 0. The van der Waals surface area contributed by atoms with Crippen LogP contribution in [0.2, 0.25) is 0 Å². The summed E-state index contributed by atoms with van der Waals surface area (Å²) in [5.41, 5.74) is 0. The van der Waals surface area contributed by atoms with Gasteiger partial charge in [-0.1, -0.05) is 20.3 Å². The first-order valence-electron chi connectivity index (χ1n) is 3.90. The lowest BCUT2D eigenvalue weighted by atomic mass is 10.4. The Bertz CT molecular complexity index is 102. The third-order valence-corrected chi connectivity index (χ3v) is 1.04. The monoisotopic (exact) mass is 159 g/mol. The molecule has 65 valence electrons. The van der Waals surface area contributed by atoms with Gasteiger partial charge in [-0.15, -0.1) is 0 Å². The Morgan fingerprint density at radius 3 is 2.55 bits per heavy atom. The van der Waals surface area contributed by atoms with Crippen LogP contribution in [0.1, 0.15) is 26.2 Å². The van der Waals surface area contributed by atoms with Crippen molar-refractivity contribution in [3.8, 4) is 0 Å². The smallest absolute Gasteiger partial charge is 0.434 e. The SMILES string of the molecule is [CH2]CCCOC(=O)OCCC. The largest absolute Gasteiger partial charge is 0.508 e. The van der Waals surface area contributed by atoms with Gasteiger partial charge in [-0.2, -0.15) is 0 Å². The van der Waals surface area contributed by atoms with E-state index >= 15 is 0 Å². The van der Waals surface area contributed by atoms with Crippen LogP contribution >= 0.6 is 0 Å². The van der Waals surface area contributed by atoms with Crippen molar-refractivity contribution in [2.24, 2.45) is 0 Å². The molecule has 0 rings (SSSR count). The molecule has 0 amide bonds. The van der Waals surface area contributed by atoms with Gasteiger partial charge in [0.1, 0.15) is 0 Å². The number of carbonyl (C=O) groups excluding carboxylic acids is 1. The van der Waals surface area contributed by atoms with Crippen molar-refractivity contribution < 1.29 is 14.3 Å². The van der Waals surface area contributed by atoms with Gasteiger partial charge in [0.2, 0.25) is 0 Å². The zero-order valence-electron chi connectivity index (χ0n) is 6.97. The number of hydrogen-bond donors (Lipinski definition) is 0. The first-order chi connectivity index (χ1) is 5.31. The molecule has 3 nitrogen and oxygen atoms in total. The van der Waals surface area contributed by atoms with E-state index in [-0.39, 0.29) is 0 Å². The third kappa shape index (κ3) is 7.16. The van der Waals surface area contributed by atoms with E-state index in [1.807, 2.05) is 6.92 Å². The van der Waals surface area contributed by atoms with Gasteiger partial charge in [0.25, 0.3) is 0 Å². The molecule has 0 saturated carbocycles. The molecule has 0 aliphatic carbocycles. The molecule has 0 spiro atoms. The summed E-state index contributed by atoms with van der Waals surface area (Å²) in [6.45, 7) is 6.39. The van der Waals surface area contributed by atoms with Gasteiger partial charge in [0.15, 0.2) is 0 Å². The number of rotatable bonds is 5. The van der Waals surface area contributed by atoms with E-state index in [0.717, 1.165) is 19.3 Å². The maximum absolute atomic E-state index is 10.6. The van der Waals surface area contributed by atoms with Crippen molar-refractivity contribution in [2.75, 3.05) is 13.2 Å². The molecule has 0 aromatic rings. The van der Waals surface area contributed by atoms with Gasteiger partial charge < -0.3 is 9.47 Å². The van der Waals surface area contributed by atoms with Crippen molar-refractivity contribution in [2.45, 2.75) is 26.2 Å². The summed E-state index contributed by atoms with van der Waals surface area (Å²) in [6, 6.07) is 0. The zero-order valence-corrected chi connectivity index (χ0v) is 6.97. The van der Waals surface area contributed by atoms with Crippen LogP contribution in [0.15, 0.2) is 0 Å². The fraction of sp³-hybridized carbons (Fsp3) is 0.750. The molecule has 0 N–H and O–H groups in total. The van der Waals surface area contributed by atoms with Gasteiger partial charge in [0.05, 0.1) is 13.2 Å². The molecule has 3 heteroatoms. The molecule has 0 aliphatic heterocycles. The summed E-state index contributed by atoms with van der Waals surface area (Å²) in [4.78, 5) is 10.6. The van der Waals surface area contributed by atoms with E-state index in [1.54, 1.807) is 0 Å². The molecular weight excluding hydrogens is 144 g/mol. The first-order valence-corrected chi connectivity index (χ1v) is 3.90. The van der Waals surface area contributed by atoms with Crippen LogP contribution in [-0.4, -0.2) is 19.4 Å². The second-order valence-electron chi connectivity index (χ2n) is 2.15. The molecule has 0 atom stereocenters. The predicted molar refractivity (Wildman–Crippen MR) is 42.2 cm³/mol. The van der Waals surface area contributed by atoms with Crippen LogP contribution in [0.4, 0.5) is 4.79 Å². The molecule has 0 aromatic heterocycles. The van der Waals surface area contributed by atoms with Crippen LogP contribution in [0.3, 0.4) is 0 Å². The van der Waals surface area contributed by atoms with E-state index in [0.29, 0.717) is 13.2 Å². The molecule has 0 saturated heterocycles. The molecule has 1 radical (unpaired) electrons. The van der Waals surface area contributed by atoms with Gasteiger partial charge >= 0.3 is 6.16 Å². The summed E-state index contributed by atoms with van der Waals surface area (Å²) in [5.74, 6) is 0. The average molecular weight is 159 g/mol.